The van der Waals surface area contributed by atoms with Crippen LogP contribution in [0.2, 0.25) is 5.02 Å². The summed E-state index contributed by atoms with van der Waals surface area (Å²) in [6.07, 6.45) is -0.106. The Morgan fingerprint density at radius 1 is 1.16 bits per heavy atom. The van der Waals surface area contributed by atoms with E-state index >= 15 is 0 Å². The van der Waals surface area contributed by atoms with Gasteiger partial charge in [0.25, 0.3) is 5.91 Å². The summed E-state index contributed by atoms with van der Waals surface area (Å²) >= 11 is 7.74. The van der Waals surface area contributed by atoms with Crippen molar-refractivity contribution in [2.75, 3.05) is 19.7 Å². The van der Waals surface area contributed by atoms with E-state index in [1.165, 1.54) is 4.90 Å². The van der Waals surface area contributed by atoms with E-state index in [-0.39, 0.29) is 12.0 Å². The van der Waals surface area contributed by atoms with Crippen LogP contribution in [0, 0.1) is 0 Å². The molecule has 25 heavy (non-hydrogen) atoms. The van der Waals surface area contributed by atoms with Crippen LogP contribution >= 0.6 is 23.4 Å². The van der Waals surface area contributed by atoms with E-state index in [9.17, 15) is 4.79 Å². The molecule has 2 aromatic rings. The van der Waals surface area contributed by atoms with Crippen molar-refractivity contribution in [3.63, 3.8) is 0 Å². The molecule has 1 unspecified atom stereocenters. The number of morpholine rings is 1. The molecule has 0 saturated carbocycles. The highest BCUT2D eigenvalue weighted by molar-refractivity contribution is 7.99. The molecule has 5 heteroatoms. The zero-order chi connectivity index (χ0) is 17.8. The van der Waals surface area contributed by atoms with Crippen molar-refractivity contribution >= 4 is 29.3 Å². The van der Waals surface area contributed by atoms with Crippen molar-refractivity contribution < 1.29 is 9.53 Å². The molecule has 0 radical (unpaired) electrons. The van der Waals surface area contributed by atoms with Crippen LogP contribution in [0.3, 0.4) is 0 Å². The van der Waals surface area contributed by atoms with Crippen molar-refractivity contribution in [1.82, 2.24) is 4.90 Å². The standard InChI is InChI=1S/C20H22ClNO2S/c1-14(2)25-18-9-5-16(6-10-18)20(23)22-11-12-24-19(13-22)15-3-7-17(21)8-4-15/h3-10,14,19H,11-13H2,1-2H3. The van der Waals surface area contributed by atoms with Crippen LogP contribution in [0.15, 0.2) is 53.4 Å². The molecule has 1 aliphatic rings. The summed E-state index contributed by atoms with van der Waals surface area (Å²) in [6.45, 7) is 6.04. The van der Waals surface area contributed by atoms with Gasteiger partial charge in [-0.15, -0.1) is 11.8 Å². The SMILES string of the molecule is CC(C)Sc1ccc(C(=O)N2CCOC(c3ccc(Cl)cc3)C2)cc1. The summed E-state index contributed by atoms with van der Waals surface area (Å²) in [5.74, 6) is 0.0587. The number of hydrogen-bond acceptors (Lipinski definition) is 3. The van der Waals surface area contributed by atoms with E-state index < -0.39 is 0 Å². The average molecular weight is 376 g/mol. The minimum absolute atomic E-state index is 0.0587. The molecule has 1 fully saturated rings. The van der Waals surface area contributed by atoms with Gasteiger partial charge >= 0.3 is 0 Å². The van der Waals surface area contributed by atoms with E-state index in [0.29, 0.717) is 30.0 Å². The molecule has 1 atom stereocenters. The molecule has 1 amide bonds. The molecule has 0 aromatic heterocycles. The van der Waals surface area contributed by atoms with Crippen LogP contribution in [0.25, 0.3) is 0 Å². The highest BCUT2D eigenvalue weighted by Gasteiger charge is 2.26. The van der Waals surface area contributed by atoms with E-state index in [4.69, 9.17) is 16.3 Å². The molecule has 1 aliphatic heterocycles. The van der Waals surface area contributed by atoms with Gasteiger partial charge in [-0.1, -0.05) is 37.6 Å². The number of carbonyl (C=O) groups excluding carboxylic acids is 1. The minimum Gasteiger partial charge on any atom is -0.370 e. The zero-order valence-corrected chi connectivity index (χ0v) is 16.0. The molecule has 3 rings (SSSR count). The second-order valence-electron chi connectivity index (χ2n) is 6.35. The Morgan fingerprint density at radius 3 is 2.48 bits per heavy atom. The van der Waals surface area contributed by atoms with Crippen molar-refractivity contribution in [2.24, 2.45) is 0 Å². The highest BCUT2D eigenvalue weighted by Crippen LogP contribution is 2.26. The number of rotatable bonds is 4. The van der Waals surface area contributed by atoms with E-state index in [0.717, 1.165) is 11.1 Å². The number of benzene rings is 2. The topological polar surface area (TPSA) is 29.5 Å². The van der Waals surface area contributed by atoms with Crippen LogP contribution in [0.5, 0.6) is 0 Å². The Hall–Kier alpha value is -1.49. The maximum absolute atomic E-state index is 12.8. The Balaban J connectivity index is 1.68. The van der Waals surface area contributed by atoms with Crippen molar-refractivity contribution in [3.05, 3.63) is 64.7 Å². The number of ether oxygens (including phenoxy) is 1. The highest BCUT2D eigenvalue weighted by atomic mass is 35.5. The van der Waals surface area contributed by atoms with Crippen LogP contribution < -0.4 is 0 Å². The lowest BCUT2D eigenvalue weighted by molar-refractivity contribution is -0.0228. The predicted octanol–water partition coefficient (Wildman–Crippen LogP) is 5.05. The van der Waals surface area contributed by atoms with E-state index in [1.807, 2.05) is 53.4 Å². The fourth-order valence-electron chi connectivity index (χ4n) is 2.84. The van der Waals surface area contributed by atoms with E-state index in [1.54, 1.807) is 11.8 Å². The predicted molar refractivity (Wildman–Crippen MR) is 103 cm³/mol. The van der Waals surface area contributed by atoms with Crippen LogP contribution in [0.4, 0.5) is 0 Å². The first-order valence-electron chi connectivity index (χ1n) is 8.46. The Morgan fingerprint density at radius 2 is 1.84 bits per heavy atom. The molecule has 0 N–H and O–H groups in total. The van der Waals surface area contributed by atoms with Crippen molar-refractivity contribution in [1.29, 1.82) is 0 Å². The number of amides is 1. The molecule has 1 heterocycles. The third kappa shape index (κ3) is 4.78. The Bertz CT molecular complexity index is 715. The maximum Gasteiger partial charge on any atom is 0.254 e. The smallest absolute Gasteiger partial charge is 0.254 e. The molecule has 0 bridgehead atoms. The third-order valence-corrected chi connectivity index (χ3v) is 5.34. The summed E-state index contributed by atoms with van der Waals surface area (Å²) in [4.78, 5) is 15.9. The van der Waals surface area contributed by atoms with Gasteiger partial charge < -0.3 is 9.64 Å². The van der Waals surface area contributed by atoms with Crippen molar-refractivity contribution in [3.8, 4) is 0 Å². The Labute approximate surface area is 158 Å². The number of carbonyl (C=O) groups is 1. The fourth-order valence-corrected chi connectivity index (χ4v) is 3.81. The summed E-state index contributed by atoms with van der Waals surface area (Å²) < 4.78 is 5.84. The normalized spacial score (nSPS) is 17.8. The van der Waals surface area contributed by atoms with Gasteiger partial charge in [-0.3, -0.25) is 4.79 Å². The molecule has 0 spiro atoms. The van der Waals surface area contributed by atoms with Gasteiger partial charge in [0.2, 0.25) is 0 Å². The molecule has 1 saturated heterocycles. The second kappa shape index (κ2) is 8.26. The second-order valence-corrected chi connectivity index (χ2v) is 8.44. The van der Waals surface area contributed by atoms with Gasteiger partial charge in [0.1, 0.15) is 6.10 Å². The van der Waals surface area contributed by atoms with Crippen LogP contribution in [-0.2, 0) is 4.74 Å². The van der Waals surface area contributed by atoms with E-state index in [2.05, 4.69) is 13.8 Å². The lowest BCUT2D eigenvalue weighted by Crippen LogP contribution is -2.42. The van der Waals surface area contributed by atoms with Gasteiger partial charge in [0, 0.05) is 27.3 Å². The molecule has 132 valence electrons. The Kier molecular flexibility index (Phi) is 6.05. The first-order chi connectivity index (χ1) is 12.0. The minimum atomic E-state index is -0.106. The lowest BCUT2D eigenvalue weighted by Gasteiger charge is -2.33. The first kappa shape index (κ1) is 18.3. The lowest BCUT2D eigenvalue weighted by atomic mass is 10.1. The van der Waals surface area contributed by atoms with Gasteiger partial charge in [-0.2, -0.15) is 0 Å². The maximum atomic E-state index is 12.8. The molecular weight excluding hydrogens is 354 g/mol. The number of halogens is 1. The quantitative estimate of drug-likeness (QED) is 0.700. The summed E-state index contributed by atoms with van der Waals surface area (Å²) in [5.41, 5.74) is 1.77. The molecule has 3 nitrogen and oxygen atoms in total. The summed E-state index contributed by atoms with van der Waals surface area (Å²) in [5, 5.41) is 1.23. The number of thioether (sulfide) groups is 1. The summed E-state index contributed by atoms with van der Waals surface area (Å²) in [6, 6.07) is 15.5. The van der Waals surface area contributed by atoms with Gasteiger partial charge in [-0.05, 0) is 42.0 Å². The molecule has 2 aromatic carbocycles. The van der Waals surface area contributed by atoms with Gasteiger partial charge in [0.05, 0.1) is 13.2 Å². The molecular formula is C20H22ClNO2S. The summed E-state index contributed by atoms with van der Waals surface area (Å²) in [7, 11) is 0. The number of hydrogen-bond donors (Lipinski definition) is 0. The van der Waals surface area contributed by atoms with Gasteiger partial charge in [0.15, 0.2) is 0 Å². The largest absolute Gasteiger partial charge is 0.370 e. The zero-order valence-electron chi connectivity index (χ0n) is 14.4. The van der Waals surface area contributed by atoms with Crippen LogP contribution in [0.1, 0.15) is 35.9 Å². The van der Waals surface area contributed by atoms with Crippen LogP contribution in [-0.4, -0.2) is 35.8 Å². The third-order valence-electron chi connectivity index (χ3n) is 4.07. The first-order valence-corrected chi connectivity index (χ1v) is 9.72. The number of nitrogens with zero attached hydrogens (tertiary/aromatic N) is 1. The fraction of sp³-hybridized carbons (Fsp3) is 0.350. The molecule has 0 aliphatic carbocycles. The monoisotopic (exact) mass is 375 g/mol. The average Bonchev–Trinajstić information content (AvgIpc) is 2.62. The van der Waals surface area contributed by atoms with Gasteiger partial charge in [-0.25, -0.2) is 0 Å². The van der Waals surface area contributed by atoms with Crippen molar-refractivity contribution in [2.45, 2.75) is 30.1 Å².